The van der Waals surface area contributed by atoms with E-state index in [1.54, 1.807) is 12.1 Å². The number of sulfonamides is 1. The number of rotatable bonds is 8. The highest BCUT2D eigenvalue weighted by atomic mass is 32.2. The van der Waals surface area contributed by atoms with Crippen LogP contribution < -0.4 is 9.88 Å². The third-order valence-electron chi connectivity index (χ3n) is 7.21. The minimum absolute atomic E-state index is 0.0832. The Labute approximate surface area is 206 Å². The van der Waals surface area contributed by atoms with E-state index in [0.29, 0.717) is 24.7 Å². The predicted octanol–water partition coefficient (Wildman–Crippen LogP) is 3.48. The first-order valence-corrected chi connectivity index (χ1v) is 13.9. The van der Waals surface area contributed by atoms with Crippen molar-refractivity contribution >= 4 is 20.9 Å². The molecule has 188 valence electrons. The number of primary sulfonamides is 1. The zero-order valence-corrected chi connectivity index (χ0v) is 20.6. The third kappa shape index (κ3) is 5.69. The molecule has 9 heteroatoms. The average molecular weight is 501 g/mol. The summed E-state index contributed by atoms with van der Waals surface area (Å²) in [7, 11) is -3.68. The van der Waals surface area contributed by atoms with Gasteiger partial charge in [0.2, 0.25) is 10.0 Å². The van der Waals surface area contributed by atoms with Gasteiger partial charge in [-0.3, -0.25) is 0 Å². The van der Waals surface area contributed by atoms with Gasteiger partial charge in [-0.15, -0.1) is 0 Å². The molecule has 2 aliphatic rings. The third-order valence-corrected chi connectivity index (χ3v) is 8.14. The normalized spacial score (nSPS) is 21.8. The molecule has 3 N–H and O–H groups in total. The average Bonchev–Trinajstić information content (AvgIpc) is 3.22. The van der Waals surface area contributed by atoms with Gasteiger partial charge in [0.15, 0.2) is 0 Å². The Morgan fingerprint density at radius 3 is 2.49 bits per heavy atom. The highest BCUT2D eigenvalue weighted by Gasteiger charge is 2.31. The van der Waals surface area contributed by atoms with Crippen LogP contribution in [-0.4, -0.2) is 69.1 Å². The Bertz CT molecular complexity index is 1250. The fourth-order valence-electron chi connectivity index (χ4n) is 5.39. The van der Waals surface area contributed by atoms with Crippen LogP contribution in [0.4, 0.5) is 4.39 Å². The lowest BCUT2D eigenvalue weighted by atomic mass is 9.85. The fraction of sp³-hybridized carbons (Fsp3) is 0.462. The van der Waals surface area contributed by atoms with Crippen LogP contribution in [0.3, 0.4) is 0 Å². The Kier molecular flexibility index (Phi) is 7.11. The van der Waals surface area contributed by atoms with E-state index in [4.69, 9.17) is 9.88 Å². The monoisotopic (exact) mass is 500 g/mol. The number of nitrogens with two attached hydrogens (primary N) is 1. The summed E-state index contributed by atoms with van der Waals surface area (Å²) in [6.45, 7) is 6.50. The van der Waals surface area contributed by atoms with Crippen molar-refractivity contribution in [2.75, 3.05) is 45.9 Å². The molecule has 0 radical (unpaired) electrons. The van der Waals surface area contributed by atoms with E-state index in [1.807, 2.05) is 18.2 Å². The Balaban J connectivity index is 1.04. The van der Waals surface area contributed by atoms with Crippen molar-refractivity contribution in [3.05, 3.63) is 59.8 Å². The quantitative estimate of drug-likeness (QED) is 0.462. The molecule has 0 bridgehead atoms. The minimum atomic E-state index is -3.68. The molecule has 1 saturated heterocycles. The summed E-state index contributed by atoms with van der Waals surface area (Å²) in [5.74, 6) is 0.983. The molecule has 1 aromatic heterocycles. The van der Waals surface area contributed by atoms with E-state index >= 15 is 0 Å². The molecule has 3 aromatic rings. The standard InChI is InChI=1S/C26H33FN4O3S/c27-24-17-19(16-23-22-4-1-2-5-25(22)29-26(23)24)18-31-13-11-30(12-14-31)10-3-15-34-20-6-8-21(9-7-20)35(28,32)33/h1-2,4-9,19,24,29H,3,10-18H2,(H2,28,32,33). The van der Waals surface area contributed by atoms with E-state index in [0.717, 1.165) is 63.3 Å². The smallest absolute Gasteiger partial charge is 0.238 e. The van der Waals surface area contributed by atoms with Crippen LogP contribution in [0.2, 0.25) is 0 Å². The number of aromatic nitrogens is 1. The summed E-state index contributed by atoms with van der Waals surface area (Å²) >= 11 is 0. The number of aromatic amines is 1. The molecule has 1 aliphatic carbocycles. The summed E-state index contributed by atoms with van der Waals surface area (Å²) in [5.41, 5.74) is 3.00. The molecule has 2 aromatic carbocycles. The maximum atomic E-state index is 14.9. The molecule has 0 amide bonds. The second kappa shape index (κ2) is 10.3. The largest absolute Gasteiger partial charge is 0.494 e. The van der Waals surface area contributed by atoms with Crippen molar-refractivity contribution in [3.63, 3.8) is 0 Å². The summed E-state index contributed by atoms with van der Waals surface area (Å²) in [4.78, 5) is 8.32. The fourth-order valence-corrected chi connectivity index (χ4v) is 5.91. The van der Waals surface area contributed by atoms with E-state index in [2.05, 4.69) is 20.9 Å². The molecule has 35 heavy (non-hydrogen) atoms. The van der Waals surface area contributed by atoms with Crippen LogP contribution >= 0.6 is 0 Å². The summed E-state index contributed by atoms with van der Waals surface area (Å²) in [5, 5.41) is 6.29. The number of H-pyrrole nitrogens is 1. The minimum Gasteiger partial charge on any atom is -0.494 e. The second-order valence-corrected chi connectivity index (χ2v) is 11.3. The molecule has 2 unspecified atom stereocenters. The zero-order valence-electron chi connectivity index (χ0n) is 19.8. The van der Waals surface area contributed by atoms with Gasteiger partial charge in [-0.25, -0.2) is 17.9 Å². The lowest BCUT2D eigenvalue weighted by molar-refractivity contribution is 0.102. The van der Waals surface area contributed by atoms with Gasteiger partial charge in [-0.1, -0.05) is 18.2 Å². The number of ether oxygens (including phenoxy) is 1. The maximum Gasteiger partial charge on any atom is 0.238 e. The molecule has 0 spiro atoms. The van der Waals surface area contributed by atoms with Crippen LogP contribution in [-0.2, 0) is 16.4 Å². The number of nitrogens with one attached hydrogen (secondary N) is 1. The van der Waals surface area contributed by atoms with Crippen molar-refractivity contribution in [1.82, 2.24) is 14.8 Å². The van der Waals surface area contributed by atoms with Crippen molar-refractivity contribution < 1.29 is 17.5 Å². The second-order valence-electron chi connectivity index (χ2n) is 9.70. The highest BCUT2D eigenvalue weighted by Crippen LogP contribution is 2.39. The van der Waals surface area contributed by atoms with Crippen LogP contribution in [0.15, 0.2) is 53.4 Å². The molecule has 2 atom stereocenters. The van der Waals surface area contributed by atoms with Gasteiger partial charge in [0.25, 0.3) is 0 Å². The summed E-state index contributed by atoms with van der Waals surface area (Å²) < 4.78 is 43.3. The SMILES string of the molecule is NS(=O)(=O)c1ccc(OCCCN2CCN(CC3Cc4c([nH]c5ccccc45)C(F)C3)CC2)cc1. The number of piperazine rings is 1. The first-order valence-electron chi connectivity index (χ1n) is 12.3. The topological polar surface area (TPSA) is 91.7 Å². The number of halogens is 1. The first kappa shape index (κ1) is 24.2. The molecular weight excluding hydrogens is 467 g/mol. The predicted molar refractivity (Wildman–Crippen MR) is 135 cm³/mol. The number of benzene rings is 2. The molecule has 0 saturated carbocycles. The Morgan fingerprint density at radius 2 is 1.74 bits per heavy atom. The summed E-state index contributed by atoms with van der Waals surface area (Å²) in [6.07, 6.45) is 1.52. The van der Waals surface area contributed by atoms with Crippen LogP contribution in [0.25, 0.3) is 10.9 Å². The number of alkyl halides is 1. The van der Waals surface area contributed by atoms with Crippen molar-refractivity contribution in [2.45, 2.75) is 30.3 Å². The van der Waals surface area contributed by atoms with Crippen molar-refractivity contribution in [1.29, 1.82) is 0 Å². The highest BCUT2D eigenvalue weighted by molar-refractivity contribution is 7.89. The lowest BCUT2D eigenvalue weighted by Crippen LogP contribution is -2.48. The van der Waals surface area contributed by atoms with E-state index in [1.165, 1.54) is 23.1 Å². The van der Waals surface area contributed by atoms with Crippen molar-refractivity contribution in [3.8, 4) is 5.75 Å². The van der Waals surface area contributed by atoms with Gasteiger partial charge in [0.1, 0.15) is 11.9 Å². The van der Waals surface area contributed by atoms with Crippen LogP contribution in [0.1, 0.15) is 30.3 Å². The van der Waals surface area contributed by atoms with Gasteiger partial charge < -0.3 is 19.5 Å². The van der Waals surface area contributed by atoms with Crippen molar-refractivity contribution in [2.24, 2.45) is 11.1 Å². The Hall–Kier alpha value is -2.46. The van der Waals surface area contributed by atoms with Gasteiger partial charge >= 0.3 is 0 Å². The Morgan fingerprint density at radius 1 is 1.03 bits per heavy atom. The van der Waals surface area contributed by atoms with Crippen LogP contribution in [0, 0.1) is 5.92 Å². The van der Waals surface area contributed by atoms with E-state index in [-0.39, 0.29) is 4.90 Å². The number of para-hydroxylation sites is 1. The molecule has 5 rings (SSSR count). The van der Waals surface area contributed by atoms with Gasteiger partial charge in [-0.2, -0.15) is 0 Å². The molecule has 7 nitrogen and oxygen atoms in total. The van der Waals surface area contributed by atoms with Crippen LogP contribution in [0.5, 0.6) is 5.75 Å². The van der Waals surface area contributed by atoms with Gasteiger partial charge in [0, 0.05) is 50.2 Å². The maximum absolute atomic E-state index is 14.9. The molecular formula is C26H33FN4O3S. The van der Waals surface area contributed by atoms with E-state index in [9.17, 15) is 12.8 Å². The first-order chi connectivity index (χ1) is 16.9. The number of hydrogen-bond donors (Lipinski definition) is 2. The van der Waals surface area contributed by atoms with Gasteiger partial charge in [-0.05, 0) is 61.1 Å². The number of fused-ring (bicyclic) bond motifs is 3. The summed E-state index contributed by atoms with van der Waals surface area (Å²) in [6, 6.07) is 14.3. The molecule has 1 fully saturated rings. The molecule has 2 heterocycles. The molecule has 1 aliphatic heterocycles. The lowest BCUT2D eigenvalue weighted by Gasteiger charge is -2.37. The number of hydrogen-bond acceptors (Lipinski definition) is 5. The zero-order chi connectivity index (χ0) is 24.4. The van der Waals surface area contributed by atoms with Gasteiger partial charge in [0.05, 0.1) is 17.2 Å². The number of nitrogens with zero attached hydrogens (tertiary/aromatic N) is 2. The van der Waals surface area contributed by atoms with E-state index < -0.39 is 16.2 Å².